The van der Waals surface area contributed by atoms with Gasteiger partial charge in [-0.25, -0.2) is 4.68 Å². The molecule has 1 aliphatic rings. The van der Waals surface area contributed by atoms with E-state index in [0.717, 1.165) is 39.3 Å². The highest BCUT2D eigenvalue weighted by Crippen LogP contribution is 2.42. The molecule has 0 spiro atoms. The molecule has 0 unspecified atom stereocenters. The number of hydrogen-bond donors (Lipinski definition) is 3. The molecule has 0 atom stereocenters. The Kier molecular flexibility index (Phi) is 7.28. The largest absolute Gasteiger partial charge is 0.481 e. The van der Waals surface area contributed by atoms with Crippen LogP contribution in [0.15, 0.2) is 79.0 Å². The van der Waals surface area contributed by atoms with E-state index < -0.39 is 5.97 Å². The van der Waals surface area contributed by atoms with Crippen molar-refractivity contribution in [3.05, 3.63) is 90.1 Å². The highest BCUT2D eigenvalue weighted by Gasteiger charge is 2.27. The minimum atomic E-state index is -0.855. The highest BCUT2D eigenvalue weighted by molar-refractivity contribution is 7.78. The zero-order valence-electron chi connectivity index (χ0n) is 20.5. The number of carboxylic acid groups (broad SMARTS) is 1. The maximum Gasteiger partial charge on any atom is 0.303 e. The second-order valence-corrected chi connectivity index (χ2v) is 9.30. The van der Waals surface area contributed by atoms with Crippen molar-refractivity contribution in [1.82, 2.24) is 14.5 Å². The molecule has 0 bridgehead atoms. The maximum absolute atomic E-state index is 13.5. The topological polar surface area (TPSA) is 105 Å². The van der Waals surface area contributed by atoms with Gasteiger partial charge in [0.15, 0.2) is 0 Å². The lowest BCUT2D eigenvalue weighted by Crippen LogP contribution is -2.31. The van der Waals surface area contributed by atoms with E-state index in [-0.39, 0.29) is 24.7 Å². The highest BCUT2D eigenvalue weighted by atomic mass is 32.1. The number of amides is 2. The molecule has 0 fully saturated rings. The van der Waals surface area contributed by atoms with Gasteiger partial charge in [0, 0.05) is 41.3 Å². The number of thiol groups is 1. The summed E-state index contributed by atoms with van der Waals surface area (Å²) in [6, 6.07) is 22.8. The van der Waals surface area contributed by atoms with Crippen molar-refractivity contribution in [3.63, 3.8) is 0 Å². The molecule has 2 heterocycles. The van der Waals surface area contributed by atoms with Gasteiger partial charge in [-0.05, 0) is 48.7 Å². The number of para-hydroxylation sites is 1. The Hall–Kier alpha value is -4.37. The van der Waals surface area contributed by atoms with Gasteiger partial charge in [-0.3, -0.25) is 19.1 Å². The molecule has 2 amide bonds. The number of rotatable bonds is 7. The van der Waals surface area contributed by atoms with Gasteiger partial charge in [0.05, 0.1) is 17.9 Å². The Morgan fingerprint density at radius 1 is 0.868 bits per heavy atom. The van der Waals surface area contributed by atoms with Gasteiger partial charge in [0.2, 0.25) is 5.91 Å². The number of aliphatic carboxylic acids is 1. The molecule has 9 heteroatoms. The summed E-state index contributed by atoms with van der Waals surface area (Å²) in [7, 11) is 0. The SMILES string of the molecule is O=C(O)CCCCC(=O)N1Cc2ccccc2-c2nn(-c3ccc(C(=O)NS)cc3)cc2-c2ccccc21. The first-order chi connectivity index (χ1) is 18.5. The van der Waals surface area contributed by atoms with E-state index in [1.54, 1.807) is 21.7 Å². The molecule has 1 aromatic heterocycles. The van der Waals surface area contributed by atoms with Crippen LogP contribution in [0, 0.1) is 0 Å². The first-order valence-electron chi connectivity index (χ1n) is 12.3. The fourth-order valence-corrected chi connectivity index (χ4v) is 4.85. The van der Waals surface area contributed by atoms with Crippen LogP contribution in [0.2, 0.25) is 0 Å². The van der Waals surface area contributed by atoms with Crippen LogP contribution in [0.25, 0.3) is 28.1 Å². The first kappa shape index (κ1) is 25.3. The Morgan fingerprint density at radius 3 is 2.29 bits per heavy atom. The van der Waals surface area contributed by atoms with Crippen LogP contribution in [0.1, 0.15) is 41.6 Å². The summed E-state index contributed by atoms with van der Waals surface area (Å²) in [5.41, 5.74) is 6.53. The van der Waals surface area contributed by atoms with E-state index in [4.69, 9.17) is 10.2 Å². The number of hydrogen-bond acceptors (Lipinski definition) is 5. The van der Waals surface area contributed by atoms with Gasteiger partial charge in [-0.2, -0.15) is 5.10 Å². The van der Waals surface area contributed by atoms with E-state index in [2.05, 4.69) is 17.5 Å². The molecule has 1 aliphatic heterocycles. The van der Waals surface area contributed by atoms with Gasteiger partial charge in [0.1, 0.15) is 5.69 Å². The number of carbonyl (C=O) groups excluding carboxylic acids is 2. The number of carboxylic acids is 1. The number of anilines is 1. The molecule has 192 valence electrons. The lowest BCUT2D eigenvalue weighted by molar-refractivity contribution is -0.137. The van der Waals surface area contributed by atoms with Crippen LogP contribution in [-0.2, 0) is 16.1 Å². The number of carbonyl (C=O) groups is 3. The first-order valence-corrected chi connectivity index (χ1v) is 12.8. The van der Waals surface area contributed by atoms with Crippen molar-refractivity contribution < 1.29 is 19.5 Å². The van der Waals surface area contributed by atoms with Crippen molar-refractivity contribution in [3.8, 4) is 28.1 Å². The molecule has 0 saturated carbocycles. The van der Waals surface area contributed by atoms with E-state index >= 15 is 0 Å². The average Bonchev–Trinajstić information content (AvgIpc) is 3.37. The van der Waals surface area contributed by atoms with Crippen LogP contribution in [0.5, 0.6) is 0 Å². The molecule has 0 saturated heterocycles. The van der Waals surface area contributed by atoms with Gasteiger partial charge in [-0.1, -0.05) is 55.3 Å². The van der Waals surface area contributed by atoms with Gasteiger partial charge in [-0.15, -0.1) is 0 Å². The summed E-state index contributed by atoms with van der Waals surface area (Å²) in [5, 5.41) is 13.9. The fourth-order valence-electron chi connectivity index (χ4n) is 4.72. The third-order valence-corrected chi connectivity index (χ3v) is 6.83. The summed E-state index contributed by atoms with van der Waals surface area (Å²) >= 11 is 3.83. The normalized spacial score (nSPS) is 12.0. The fraction of sp³-hybridized carbons (Fsp3) is 0.172. The molecular formula is C29H26N4O4S. The molecule has 4 aromatic rings. The molecule has 8 nitrogen and oxygen atoms in total. The number of unbranched alkanes of at least 4 members (excludes halogenated alkanes) is 1. The summed E-state index contributed by atoms with van der Waals surface area (Å²) in [5.74, 6) is -1.19. The molecule has 2 N–H and O–H groups in total. The number of fused-ring (bicyclic) bond motifs is 5. The van der Waals surface area contributed by atoms with Gasteiger partial charge < -0.3 is 10.0 Å². The Bertz CT molecular complexity index is 1510. The minimum absolute atomic E-state index is 0.0495. The van der Waals surface area contributed by atoms with Crippen LogP contribution in [0.4, 0.5) is 5.69 Å². The lowest BCUT2D eigenvalue weighted by Gasteiger charge is -2.28. The zero-order valence-corrected chi connectivity index (χ0v) is 21.4. The summed E-state index contributed by atoms with van der Waals surface area (Å²) in [6.07, 6.45) is 3.23. The van der Waals surface area contributed by atoms with Crippen LogP contribution in [0.3, 0.4) is 0 Å². The second kappa shape index (κ2) is 10.9. The van der Waals surface area contributed by atoms with Crippen molar-refractivity contribution in [2.45, 2.75) is 32.2 Å². The van der Waals surface area contributed by atoms with Gasteiger partial charge in [0.25, 0.3) is 5.91 Å². The zero-order chi connectivity index (χ0) is 26.6. The average molecular weight is 527 g/mol. The smallest absolute Gasteiger partial charge is 0.303 e. The predicted octanol–water partition coefficient (Wildman–Crippen LogP) is 5.27. The van der Waals surface area contributed by atoms with Crippen molar-refractivity contribution in [2.75, 3.05) is 4.90 Å². The molecule has 0 aliphatic carbocycles. The molecule has 38 heavy (non-hydrogen) atoms. The maximum atomic E-state index is 13.5. The third-order valence-electron chi connectivity index (χ3n) is 6.63. The van der Waals surface area contributed by atoms with Crippen LogP contribution >= 0.6 is 12.8 Å². The Morgan fingerprint density at radius 2 is 1.55 bits per heavy atom. The monoisotopic (exact) mass is 526 g/mol. The standard InChI is InChI=1S/C29H26N4O4S/c34-26(11-5-6-12-27(35)36)32-17-20-7-1-2-8-22(20)28-24(23-9-3-4-10-25(23)32)18-33(30-28)21-15-13-19(14-16-21)29(37)31-38/h1-4,7-10,13-16,18,38H,5-6,11-12,17H2,(H,31,37)(H,35,36). The number of aromatic nitrogens is 2. The summed E-state index contributed by atoms with van der Waals surface area (Å²) in [4.78, 5) is 38.0. The van der Waals surface area contributed by atoms with Crippen molar-refractivity contribution in [2.24, 2.45) is 0 Å². The predicted molar refractivity (Wildman–Crippen MR) is 148 cm³/mol. The summed E-state index contributed by atoms with van der Waals surface area (Å²) in [6.45, 7) is 0.380. The van der Waals surface area contributed by atoms with Crippen molar-refractivity contribution >= 4 is 36.3 Å². The Balaban J connectivity index is 1.58. The van der Waals surface area contributed by atoms with Crippen LogP contribution in [-0.4, -0.2) is 32.7 Å². The lowest BCUT2D eigenvalue weighted by atomic mass is 9.93. The second-order valence-electron chi connectivity index (χ2n) is 9.08. The number of nitrogens with one attached hydrogen (secondary N) is 1. The van der Waals surface area contributed by atoms with Crippen molar-refractivity contribution in [1.29, 1.82) is 0 Å². The van der Waals surface area contributed by atoms with E-state index in [1.165, 1.54) is 0 Å². The van der Waals surface area contributed by atoms with E-state index in [1.807, 2.05) is 66.9 Å². The summed E-state index contributed by atoms with van der Waals surface area (Å²) < 4.78 is 4.11. The molecule has 5 rings (SSSR count). The van der Waals surface area contributed by atoms with E-state index in [9.17, 15) is 14.4 Å². The van der Waals surface area contributed by atoms with Gasteiger partial charge >= 0.3 is 5.97 Å². The number of benzene rings is 3. The third kappa shape index (κ3) is 5.05. The minimum Gasteiger partial charge on any atom is -0.481 e. The van der Waals surface area contributed by atoms with Crippen LogP contribution < -0.4 is 9.62 Å². The molecular weight excluding hydrogens is 500 g/mol. The number of nitrogens with zero attached hydrogens (tertiary/aromatic N) is 3. The molecule has 0 radical (unpaired) electrons. The van der Waals surface area contributed by atoms with E-state index in [0.29, 0.717) is 24.9 Å². The molecule has 3 aromatic carbocycles. The Labute approximate surface area is 225 Å². The quantitative estimate of drug-likeness (QED) is 0.225.